The Morgan fingerprint density at radius 3 is 2.30 bits per heavy atom. The Labute approximate surface area is 61.6 Å². The van der Waals surface area contributed by atoms with Crippen molar-refractivity contribution in [1.82, 2.24) is 0 Å². The van der Waals surface area contributed by atoms with Gasteiger partial charge in [-0.2, -0.15) is 0 Å². The summed E-state index contributed by atoms with van der Waals surface area (Å²) in [7, 11) is 0. The zero-order chi connectivity index (χ0) is 7.72. The fraction of sp³-hybridized carbons (Fsp3) is 0.875. The van der Waals surface area contributed by atoms with Crippen molar-refractivity contribution in [3.63, 3.8) is 0 Å². The minimum atomic E-state index is 0.132. The average Bonchev–Trinajstić information content (AvgIpc) is 2.10. The van der Waals surface area contributed by atoms with Crippen LogP contribution in [0.2, 0.25) is 0 Å². The Morgan fingerprint density at radius 2 is 2.10 bits per heavy atom. The predicted molar refractivity (Wildman–Crippen MR) is 38.8 cm³/mol. The summed E-state index contributed by atoms with van der Waals surface area (Å²) in [6, 6.07) is 0. The second-order valence-corrected chi connectivity index (χ2v) is 3.10. The molecule has 3 atom stereocenters. The molecular formula is C8H14O2. The summed E-state index contributed by atoms with van der Waals surface area (Å²) < 4.78 is 5.41. The Morgan fingerprint density at radius 1 is 1.50 bits per heavy atom. The van der Waals surface area contributed by atoms with Crippen LogP contribution in [-0.2, 0) is 9.53 Å². The van der Waals surface area contributed by atoms with Crippen LogP contribution in [0.1, 0.15) is 27.2 Å². The number of carbonyl (C=O) groups is 1. The molecule has 0 aromatic carbocycles. The van der Waals surface area contributed by atoms with Crippen LogP contribution in [0.4, 0.5) is 0 Å². The maximum atomic E-state index is 10.9. The Bertz CT molecular complexity index is 142. The fourth-order valence-corrected chi connectivity index (χ4v) is 1.56. The number of Topliss-reactive ketones (excluding diaryl/α,β-unsaturated/α-hetero) is 1. The van der Waals surface area contributed by atoms with E-state index >= 15 is 0 Å². The van der Waals surface area contributed by atoms with E-state index < -0.39 is 0 Å². The van der Waals surface area contributed by atoms with E-state index in [4.69, 9.17) is 4.74 Å². The van der Waals surface area contributed by atoms with E-state index in [-0.39, 0.29) is 23.9 Å². The zero-order valence-electron chi connectivity index (χ0n) is 6.76. The SMILES string of the molecule is CC(=O)C1CC(C)OC1C. The molecule has 0 saturated carbocycles. The van der Waals surface area contributed by atoms with E-state index in [1.54, 1.807) is 6.92 Å². The van der Waals surface area contributed by atoms with E-state index in [0.717, 1.165) is 6.42 Å². The number of carbonyl (C=O) groups excluding carboxylic acids is 1. The van der Waals surface area contributed by atoms with Gasteiger partial charge in [-0.15, -0.1) is 0 Å². The van der Waals surface area contributed by atoms with Crippen molar-refractivity contribution >= 4 is 5.78 Å². The van der Waals surface area contributed by atoms with Crippen LogP contribution in [0.15, 0.2) is 0 Å². The lowest BCUT2D eigenvalue weighted by Crippen LogP contribution is -2.18. The summed E-state index contributed by atoms with van der Waals surface area (Å²) in [5, 5.41) is 0. The maximum absolute atomic E-state index is 10.9. The van der Waals surface area contributed by atoms with Gasteiger partial charge < -0.3 is 4.74 Å². The number of hydrogen-bond donors (Lipinski definition) is 0. The molecule has 1 saturated heterocycles. The smallest absolute Gasteiger partial charge is 0.135 e. The predicted octanol–water partition coefficient (Wildman–Crippen LogP) is 1.39. The Balaban J connectivity index is 2.54. The third-order valence-corrected chi connectivity index (χ3v) is 2.12. The topological polar surface area (TPSA) is 26.3 Å². The van der Waals surface area contributed by atoms with Gasteiger partial charge in [0.25, 0.3) is 0 Å². The molecule has 1 rings (SSSR count). The Hall–Kier alpha value is -0.370. The summed E-state index contributed by atoms with van der Waals surface area (Å²) >= 11 is 0. The van der Waals surface area contributed by atoms with Gasteiger partial charge in [-0.25, -0.2) is 0 Å². The molecule has 1 heterocycles. The lowest BCUT2D eigenvalue weighted by atomic mass is 9.97. The lowest BCUT2D eigenvalue weighted by molar-refractivity contribution is -0.122. The van der Waals surface area contributed by atoms with Crippen molar-refractivity contribution in [2.75, 3.05) is 0 Å². The molecule has 0 bridgehead atoms. The molecule has 58 valence electrons. The molecule has 0 amide bonds. The van der Waals surface area contributed by atoms with Crippen molar-refractivity contribution in [2.45, 2.75) is 39.4 Å². The molecule has 2 nitrogen and oxygen atoms in total. The van der Waals surface area contributed by atoms with Gasteiger partial charge in [0, 0.05) is 5.92 Å². The van der Waals surface area contributed by atoms with Crippen LogP contribution in [0.25, 0.3) is 0 Å². The Kier molecular flexibility index (Phi) is 2.09. The highest BCUT2D eigenvalue weighted by molar-refractivity contribution is 5.79. The summed E-state index contributed by atoms with van der Waals surface area (Å²) in [5.41, 5.74) is 0. The second-order valence-electron chi connectivity index (χ2n) is 3.10. The molecule has 1 aliphatic rings. The van der Waals surface area contributed by atoms with E-state index in [0.29, 0.717) is 0 Å². The van der Waals surface area contributed by atoms with Crippen molar-refractivity contribution in [1.29, 1.82) is 0 Å². The molecule has 0 radical (unpaired) electrons. The molecule has 0 spiro atoms. The molecule has 1 fully saturated rings. The summed E-state index contributed by atoms with van der Waals surface area (Å²) in [6.07, 6.45) is 1.30. The number of ketones is 1. The van der Waals surface area contributed by atoms with E-state index in [9.17, 15) is 4.79 Å². The largest absolute Gasteiger partial charge is 0.375 e. The molecule has 2 heteroatoms. The highest BCUT2D eigenvalue weighted by atomic mass is 16.5. The third kappa shape index (κ3) is 1.37. The van der Waals surface area contributed by atoms with Crippen LogP contribution in [0, 0.1) is 5.92 Å². The van der Waals surface area contributed by atoms with E-state index in [1.165, 1.54) is 0 Å². The first-order chi connectivity index (χ1) is 4.61. The lowest BCUT2D eigenvalue weighted by Gasteiger charge is -2.08. The normalized spacial score (nSPS) is 40.1. The van der Waals surface area contributed by atoms with Crippen LogP contribution in [0.3, 0.4) is 0 Å². The monoisotopic (exact) mass is 142 g/mol. The quantitative estimate of drug-likeness (QED) is 0.553. The van der Waals surface area contributed by atoms with Crippen molar-refractivity contribution in [3.8, 4) is 0 Å². The van der Waals surface area contributed by atoms with Gasteiger partial charge in [-0.05, 0) is 27.2 Å². The zero-order valence-corrected chi connectivity index (χ0v) is 6.76. The van der Waals surface area contributed by atoms with Gasteiger partial charge in [0.2, 0.25) is 0 Å². The first kappa shape index (κ1) is 7.73. The van der Waals surface area contributed by atoms with Crippen LogP contribution in [-0.4, -0.2) is 18.0 Å². The van der Waals surface area contributed by atoms with Crippen LogP contribution in [0.5, 0.6) is 0 Å². The van der Waals surface area contributed by atoms with Crippen molar-refractivity contribution in [2.24, 2.45) is 5.92 Å². The molecule has 1 aliphatic heterocycles. The average molecular weight is 142 g/mol. The molecule has 10 heavy (non-hydrogen) atoms. The van der Waals surface area contributed by atoms with Gasteiger partial charge >= 0.3 is 0 Å². The summed E-state index contributed by atoms with van der Waals surface area (Å²) in [4.78, 5) is 10.9. The first-order valence-corrected chi connectivity index (χ1v) is 3.77. The molecular weight excluding hydrogens is 128 g/mol. The maximum Gasteiger partial charge on any atom is 0.135 e. The molecule has 0 aliphatic carbocycles. The molecule has 0 N–H and O–H groups in total. The molecule has 3 unspecified atom stereocenters. The standard InChI is InChI=1S/C8H14O2/c1-5-4-8(6(2)9)7(3)10-5/h5,7-8H,4H2,1-3H3. The van der Waals surface area contributed by atoms with Gasteiger partial charge in [-0.1, -0.05) is 0 Å². The number of hydrogen-bond acceptors (Lipinski definition) is 2. The van der Waals surface area contributed by atoms with Gasteiger partial charge in [-0.3, -0.25) is 4.79 Å². The molecule has 0 aromatic heterocycles. The van der Waals surface area contributed by atoms with Crippen LogP contribution >= 0.6 is 0 Å². The summed E-state index contributed by atoms with van der Waals surface area (Å²) in [5.74, 6) is 0.409. The van der Waals surface area contributed by atoms with Crippen LogP contribution < -0.4 is 0 Å². The first-order valence-electron chi connectivity index (χ1n) is 3.77. The van der Waals surface area contributed by atoms with Gasteiger partial charge in [0.05, 0.1) is 12.2 Å². The molecule has 0 aromatic rings. The highest BCUT2D eigenvalue weighted by Crippen LogP contribution is 2.26. The highest BCUT2D eigenvalue weighted by Gasteiger charge is 2.32. The number of rotatable bonds is 1. The van der Waals surface area contributed by atoms with E-state index in [2.05, 4.69) is 0 Å². The minimum Gasteiger partial charge on any atom is -0.375 e. The van der Waals surface area contributed by atoms with Gasteiger partial charge in [0.15, 0.2) is 0 Å². The third-order valence-electron chi connectivity index (χ3n) is 2.12. The van der Waals surface area contributed by atoms with Gasteiger partial charge in [0.1, 0.15) is 5.78 Å². The van der Waals surface area contributed by atoms with Crippen molar-refractivity contribution in [3.05, 3.63) is 0 Å². The van der Waals surface area contributed by atoms with E-state index in [1.807, 2.05) is 13.8 Å². The number of ether oxygens (including phenoxy) is 1. The summed E-state index contributed by atoms with van der Waals surface area (Å²) in [6.45, 7) is 5.62. The van der Waals surface area contributed by atoms with Crippen molar-refractivity contribution < 1.29 is 9.53 Å². The fourth-order valence-electron chi connectivity index (χ4n) is 1.56. The second kappa shape index (κ2) is 2.70. The minimum absolute atomic E-state index is 0.132.